The molecule has 1 amide bonds. The minimum Gasteiger partial charge on any atom is -0.381 e. The largest absolute Gasteiger partial charge is 0.381 e. The second kappa shape index (κ2) is 10.0. The lowest BCUT2D eigenvalue weighted by Crippen LogP contribution is -2.37. The van der Waals surface area contributed by atoms with Crippen LogP contribution >= 0.6 is 0 Å². The van der Waals surface area contributed by atoms with Gasteiger partial charge < -0.3 is 14.2 Å². The monoisotopic (exact) mass is 465 g/mol. The Kier molecular flexibility index (Phi) is 6.71. The van der Waals surface area contributed by atoms with Crippen molar-refractivity contribution in [2.75, 3.05) is 26.3 Å². The fourth-order valence-corrected chi connectivity index (χ4v) is 4.98. The maximum atomic E-state index is 12.7. The quantitative estimate of drug-likeness (QED) is 0.545. The van der Waals surface area contributed by atoms with Gasteiger partial charge in [0.15, 0.2) is 5.82 Å². The molecule has 2 aromatic heterocycles. The number of aromatic nitrogens is 4. The van der Waals surface area contributed by atoms with Gasteiger partial charge in [0.05, 0.1) is 11.2 Å². The van der Waals surface area contributed by atoms with E-state index in [1.165, 1.54) is 4.68 Å². The van der Waals surface area contributed by atoms with E-state index in [0.717, 1.165) is 61.3 Å². The van der Waals surface area contributed by atoms with E-state index in [-0.39, 0.29) is 17.7 Å². The number of carbonyl (C=O) groups excluding carboxylic acids is 2. The molecule has 0 aliphatic carbocycles. The van der Waals surface area contributed by atoms with Crippen molar-refractivity contribution in [3.63, 3.8) is 0 Å². The van der Waals surface area contributed by atoms with E-state index in [9.17, 15) is 9.59 Å². The third-order valence-corrected chi connectivity index (χ3v) is 7.03. The Bertz CT molecular complexity index is 1160. The van der Waals surface area contributed by atoms with E-state index in [1.807, 2.05) is 36.1 Å². The third kappa shape index (κ3) is 4.75. The van der Waals surface area contributed by atoms with Crippen LogP contribution in [-0.2, 0) is 9.53 Å². The molecule has 0 spiro atoms. The standard InChI is InChI=1S/C25H31N5O4/c1-17-20-5-2-3-6-21(20)30(27-17)23(32)8-4-7-22(31)29-13-9-19(10-14-29)25-26-24(28-34-25)18-11-15-33-16-12-18/h2-3,5-6,18-19H,4,7-16H2,1H3. The number of likely N-dealkylation sites (tertiary alicyclic amines) is 1. The number of nitrogens with zero attached hydrogens (tertiary/aromatic N) is 5. The highest BCUT2D eigenvalue weighted by molar-refractivity contribution is 5.92. The molecule has 0 atom stereocenters. The summed E-state index contributed by atoms with van der Waals surface area (Å²) in [6, 6.07) is 7.71. The number of ether oxygens (including phenoxy) is 1. The van der Waals surface area contributed by atoms with Gasteiger partial charge in [0, 0.05) is 56.4 Å². The van der Waals surface area contributed by atoms with Gasteiger partial charge in [-0.05, 0) is 45.1 Å². The fraction of sp³-hybridized carbons (Fsp3) is 0.560. The Labute approximate surface area is 198 Å². The van der Waals surface area contributed by atoms with Crippen molar-refractivity contribution < 1.29 is 18.8 Å². The summed E-state index contributed by atoms with van der Waals surface area (Å²) in [5, 5.41) is 9.58. The number of benzene rings is 1. The molecular formula is C25H31N5O4. The highest BCUT2D eigenvalue weighted by Gasteiger charge is 2.29. The number of piperidine rings is 1. The first-order valence-electron chi connectivity index (χ1n) is 12.3. The Morgan fingerprint density at radius 1 is 1.00 bits per heavy atom. The minimum absolute atomic E-state index is 0.0764. The van der Waals surface area contributed by atoms with Crippen LogP contribution in [0.1, 0.15) is 79.0 Å². The third-order valence-electron chi connectivity index (χ3n) is 7.03. The lowest BCUT2D eigenvalue weighted by molar-refractivity contribution is -0.132. The summed E-state index contributed by atoms with van der Waals surface area (Å²) >= 11 is 0. The van der Waals surface area contributed by atoms with Crippen molar-refractivity contribution in [3.05, 3.63) is 41.7 Å². The van der Waals surface area contributed by atoms with E-state index in [1.54, 1.807) is 0 Å². The average Bonchev–Trinajstić information content (AvgIpc) is 3.50. The molecule has 2 fully saturated rings. The van der Waals surface area contributed by atoms with Crippen molar-refractivity contribution >= 4 is 22.7 Å². The molecule has 180 valence electrons. The molecule has 0 radical (unpaired) electrons. The van der Waals surface area contributed by atoms with Crippen molar-refractivity contribution in [1.29, 1.82) is 0 Å². The number of para-hydroxylation sites is 1. The van der Waals surface area contributed by atoms with Gasteiger partial charge in [0.25, 0.3) is 0 Å². The van der Waals surface area contributed by atoms with Crippen molar-refractivity contribution in [2.45, 2.75) is 63.7 Å². The molecule has 1 aromatic carbocycles. The normalized spacial score (nSPS) is 18.0. The van der Waals surface area contributed by atoms with Crippen LogP contribution in [0.3, 0.4) is 0 Å². The molecule has 0 N–H and O–H groups in total. The molecule has 4 heterocycles. The molecule has 2 aliphatic heterocycles. The summed E-state index contributed by atoms with van der Waals surface area (Å²) in [6.07, 6.45) is 4.68. The van der Waals surface area contributed by atoms with Crippen molar-refractivity contribution in [3.8, 4) is 0 Å². The topological polar surface area (TPSA) is 103 Å². The number of hydrogen-bond donors (Lipinski definition) is 0. The first-order valence-corrected chi connectivity index (χ1v) is 12.3. The van der Waals surface area contributed by atoms with Crippen LogP contribution in [0.15, 0.2) is 28.8 Å². The molecule has 9 nitrogen and oxygen atoms in total. The lowest BCUT2D eigenvalue weighted by Gasteiger charge is -2.30. The molecule has 0 saturated carbocycles. The number of fused-ring (bicyclic) bond motifs is 1. The Balaban J connectivity index is 1.08. The fourth-order valence-electron chi connectivity index (χ4n) is 4.98. The van der Waals surface area contributed by atoms with Gasteiger partial charge in [-0.25, -0.2) is 0 Å². The first kappa shape index (κ1) is 22.7. The van der Waals surface area contributed by atoms with E-state index in [2.05, 4.69) is 15.2 Å². The predicted molar refractivity (Wildman–Crippen MR) is 125 cm³/mol. The first-order chi connectivity index (χ1) is 16.6. The zero-order chi connectivity index (χ0) is 23.5. The maximum absolute atomic E-state index is 12.7. The van der Waals surface area contributed by atoms with Gasteiger partial charge >= 0.3 is 0 Å². The smallest absolute Gasteiger partial charge is 0.247 e. The zero-order valence-electron chi connectivity index (χ0n) is 19.6. The van der Waals surface area contributed by atoms with E-state index in [0.29, 0.717) is 44.2 Å². The Morgan fingerprint density at radius 2 is 1.74 bits per heavy atom. The molecule has 0 bridgehead atoms. The van der Waals surface area contributed by atoms with E-state index < -0.39 is 0 Å². The Morgan fingerprint density at radius 3 is 2.53 bits per heavy atom. The molecule has 5 rings (SSSR count). The molecule has 2 saturated heterocycles. The van der Waals surface area contributed by atoms with E-state index in [4.69, 9.17) is 9.26 Å². The average molecular weight is 466 g/mol. The van der Waals surface area contributed by atoms with Gasteiger partial charge in [-0.3, -0.25) is 9.59 Å². The number of hydrogen-bond acceptors (Lipinski definition) is 7. The second-order valence-electron chi connectivity index (χ2n) is 9.29. The van der Waals surface area contributed by atoms with Gasteiger partial charge in [0.2, 0.25) is 17.7 Å². The number of aryl methyl sites for hydroxylation is 1. The molecule has 9 heteroatoms. The van der Waals surface area contributed by atoms with E-state index >= 15 is 0 Å². The summed E-state index contributed by atoms with van der Waals surface area (Å²) in [5.41, 5.74) is 1.66. The van der Waals surface area contributed by atoms with Gasteiger partial charge in [0.1, 0.15) is 0 Å². The van der Waals surface area contributed by atoms with Crippen LogP contribution in [0.5, 0.6) is 0 Å². The van der Waals surface area contributed by atoms with Gasteiger partial charge in [-0.1, -0.05) is 23.4 Å². The summed E-state index contributed by atoms with van der Waals surface area (Å²) in [5.74, 6) is 2.03. The van der Waals surface area contributed by atoms with Gasteiger partial charge in [-0.2, -0.15) is 14.8 Å². The van der Waals surface area contributed by atoms with Crippen LogP contribution in [0.25, 0.3) is 10.9 Å². The predicted octanol–water partition coefficient (Wildman–Crippen LogP) is 3.84. The van der Waals surface area contributed by atoms with Crippen LogP contribution in [-0.4, -0.2) is 62.9 Å². The lowest BCUT2D eigenvalue weighted by atomic mass is 9.96. The van der Waals surface area contributed by atoms with Crippen molar-refractivity contribution in [2.24, 2.45) is 0 Å². The molecule has 34 heavy (non-hydrogen) atoms. The van der Waals surface area contributed by atoms with Crippen LogP contribution in [0.4, 0.5) is 0 Å². The maximum Gasteiger partial charge on any atom is 0.247 e. The summed E-state index contributed by atoms with van der Waals surface area (Å²) < 4.78 is 12.5. The summed E-state index contributed by atoms with van der Waals surface area (Å²) in [6.45, 7) is 4.75. The highest BCUT2D eigenvalue weighted by atomic mass is 16.5. The highest BCUT2D eigenvalue weighted by Crippen LogP contribution is 2.30. The van der Waals surface area contributed by atoms with Crippen LogP contribution < -0.4 is 0 Å². The molecule has 2 aliphatic rings. The van der Waals surface area contributed by atoms with Gasteiger partial charge in [-0.15, -0.1) is 0 Å². The molecule has 3 aromatic rings. The van der Waals surface area contributed by atoms with Crippen molar-refractivity contribution in [1.82, 2.24) is 24.8 Å². The molecule has 0 unspecified atom stereocenters. The zero-order valence-corrected chi connectivity index (χ0v) is 19.6. The second-order valence-corrected chi connectivity index (χ2v) is 9.29. The van der Waals surface area contributed by atoms with Crippen LogP contribution in [0, 0.1) is 6.92 Å². The van der Waals surface area contributed by atoms with Crippen LogP contribution in [0.2, 0.25) is 0 Å². The number of rotatable bonds is 6. The number of carbonyl (C=O) groups is 2. The Hall–Kier alpha value is -3.07. The number of amides is 1. The minimum atomic E-state index is -0.0764. The summed E-state index contributed by atoms with van der Waals surface area (Å²) in [7, 11) is 0. The SMILES string of the molecule is Cc1nn(C(=O)CCCC(=O)N2CCC(c3nc(C4CCOCC4)no3)CC2)c2ccccc12. The summed E-state index contributed by atoms with van der Waals surface area (Å²) in [4.78, 5) is 32.0. The molecular weight excluding hydrogens is 434 g/mol.